The SMILES string of the molecule is Cc1c(F)c(C)c(Br)c(F)c1F. The quantitative estimate of drug-likeness (QED) is 0.480. The largest absolute Gasteiger partial charge is 0.206 e. The molecular weight excluding hydrogens is 233 g/mol. The molecule has 4 heteroatoms. The van der Waals surface area contributed by atoms with Gasteiger partial charge in [-0.25, -0.2) is 13.2 Å². The van der Waals surface area contributed by atoms with Crippen molar-refractivity contribution in [1.82, 2.24) is 0 Å². The maximum absolute atomic E-state index is 13.0. The number of hydrogen-bond acceptors (Lipinski definition) is 0. The Bertz CT molecular complexity index is 229. The van der Waals surface area contributed by atoms with Crippen LogP contribution in [0.2, 0.25) is 0 Å². The van der Waals surface area contributed by atoms with Crippen LogP contribution >= 0.6 is 15.9 Å². The normalized spacial score (nSPS) is 10.5. The predicted molar refractivity (Wildman–Crippen MR) is 43.5 cm³/mol. The Morgan fingerprint density at radius 2 is 1.33 bits per heavy atom. The molecule has 12 heavy (non-hydrogen) atoms. The van der Waals surface area contributed by atoms with Crippen LogP contribution in [0.3, 0.4) is 0 Å². The lowest BCUT2D eigenvalue weighted by molar-refractivity contribution is 0.478. The van der Waals surface area contributed by atoms with Crippen molar-refractivity contribution in [3.63, 3.8) is 0 Å². The summed E-state index contributed by atoms with van der Waals surface area (Å²) in [5.41, 5.74) is -0.195. The summed E-state index contributed by atoms with van der Waals surface area (Å²) in [5, 5.41) is 0. The molecule has 0 spiro atoms. The van der Waals surface area contributed by atoms with Gasteiger partial charge in [-0.2, -0.15) is 0 Å². The topological polar surface area (TPSA) is 0 Å². The van der Waals surface area contributed by atoms with Crippen LogP contribution in [0.15, 0.2) is 4.47 Å². The molecule has 0 N–H and O–H groups in total. The van der Waals surface area contributed by atoms with Crippen molar-refractivity contribution in [1.29, 1.82) is 0 Å². The highest BCUT2D eigenvalue weighted by atomic mass is 79.9. The van der Waals surface area contributed by atoms with Gasteiger partial charge in [-0.15, -0.1) is 0 Å². The lowest BCUT2D eigenvalue weighted by atomic mass is 10.1. The maximum atomic E-state index is 13.0. The zero-order valence-electron chi connectivity index (χ0n) is 6.51. The van der Waals surface area contributed by atoms with Gasteiger partial charge in [0.2, 0.25) is 0 Å². The Morgan fingerprint density at radius 1 is 0.833 bits per heavy atom. The average molecular weight is 239 g/mol. The number of rotatable bonds is 0. The fourth-order valence-corrected chi connectivity index (χ4v) is 1.25. The van der Waals surface area contributed by atoms with Gasteiger partial charge in [0.25, 0.3) is 0 Å². The van der Waals surface area contributed by atoms with Gasteiger partial charge >= 0.3 is 0 Å². The fraction of sp³-hybridized carbons (Fsp3) is 0.250. The molecule has 0 bridgehead atoms. The van der Waals surface area contributed by atoms with Crippen molar-refractivity contribution in [2.45, 2.75) is 13.8 Å². The van der Waals surface area contributed by atoms with E-state index in [4.69, 9.17) is 0 Å². The molecular formula is C8H6BrF3. The first kappa shape index (κ1) is 9.58. The van der Waals surface area contributed by atoms with Crippen LogP contribution in [-0.2, 0) is 0 Å². The standard InChI is InChI=1S/C8H6BrF3/c1-3-5(9)8(12)7(11)4(2)6(3)10/h1-2H3. The lowest BCUT2D eigenvalue weighted by Crippen LogP contribution is -1.99. The highest BCUT2D eigenvalue weighted by Gasteiger charge is 2.17. The summed E-state index contributed by atoms with van der Waals surface area (Å²) in [4.78, 5) is 0. The Hall–Kier alpha value is -0.510. The lowest BCUT2D eigenvalue weighted by Gasteiger charge is -2.06. The van der Waals surface area contributed by atoms with E-state index in [9.17, 15) is 13.2 Å². The third kappa shape index (κ3) is 1.24. The second-order valence-corrected chi connectivity index (χ2v) is 3.30. The molecule has 0 aromatic heterocycles. The summed E-state index contributed by atoms with van der Waals surface area (Å²) < 4.78 is 38.5. The van der Waals surface area contributed by atoms with Gasteiger partial charge in [0.05, 0.1) is 4.47 Å². The first-order valence-electron chi connectivity index (χ1n) is 3.26. The van der Waals surface area contributed by atoms with Crippen molar-refractivity contribution in [3.8, 4) is 0 Å². The molecule has 0 saturated carbocycles. The number of benzene rings is 1. The molecule has 0 radical (unpaired) electrons. The number of halogens is 4. The minimum Gasteiger partial charge on any atom is -0.206 e. The highest BCUT2D eigenvalue weighted by molar-refractivity contribution is 9.10. The van der Waals surface area contributed by atoms with Crippen LogP contribution in [-0.4, -0.2) is 0 Å². The Morgan fingerprint density at radius 3 is 1.83 bits per heavy atom. The van der Waals surface area contributed by atoms with E-state index in [1.165, 1.54) is 13.8 Å². The van der Waals surface area contributed by atoms with E-state index >= 15 is 0 Å². The summed E-state index contributed by atoms with van der Waals surface area (Å²) in [5.74, 6) is -2.88. The summed E-state index contributed by atoms with van der Waals surface area (Å²) >= 11 is 2.76. The Labute approximate surface area is 76.5 Å². The smallest absolute Gasteiger partial charge is 0.173 e. The van der Waals surface area contributed by atoms with Gasteiger partial charge in [-0.1, -0.05) is 0 Å². The maximum Gasteiger partial charge on any atom is 0.173 e. The van der Waals surface area contributed by atoms with Crippen LogP contribution in [0, 0.1) is 31.3 Å². The molecule has 0 atom stereocenters. The first-order valence-corrected chi connectivity index (χ1v) is 4.05. The van der Waals surface area contributed by atoms with E-state index in [0.29, 0.717) is 0 Å². The summed E-state index contributed by atoms with van der Waals surface area (Å²) in [7, 11) is 0. The molecule has 66 valence electrons. The second kappa shape index (κ2) is 3.09. The van der Waals surface area contributed by atoms with Crippen molar-refractivity contribution in [2.75, 3.05) is 0 Å². The molecule has 0 aliphatic rings. The van der Waals surface area contributed by atoms with Gasteiger partial charge < -0.3 is 0 Å². The van der Waals surface area contributed by atoms with Crippen molar-refractivity contribution in [2.24, 2.45) is 0 Å². The van der Waals surface area contributed by atoms with Crippen LogP contribution < -0.4 is 0 Å². The molecule has 0 amide bonds. The van der Waals surface area contributed by atoms with Gasteiger partial charge in [0.1, 0.15) is 5.82 Å². The molecule has 0 unspecified atom stereocenters. The summed E-state index contributed by atoms with van der Waals surface area (Å²) in [6, 6.07) is 0. The Balaban J connectivity index is 3.60. The molecule has 1 aromatic rings. The fourth-order valence-electron chi connectivity index (χ4n) is 0.900. The summed E-state index contributed by atoms with van der Waals surface area (Å²) in [6.07, 6.45) is 0. The van der Waals surface area contributed by atoms with Gasteiger partial charge in [-0.3, -0.25) is 0 Å². The molecule has 0 nitrogen and oxygen atoms in total. The zero-order chi connectivity index (χ0) is 9.46. The molecule has 0 aliphatic carbocycles. The van der Waals surface area contributed by atoms with Crippen molar-refractivity contribution in [3.05, 3.63) is 33.1 Å². The van der Waals surface area contributed by atoms with E-state index in [1.54, 1.807) is 0 Å². The molecule has 1 rings (SSSR count). The van der Waals surface area contributed by atoms with Gasteiger partial charge in [0.15, 0.2) is 11.6 Å². The molecule has 0 heterocycles. The zero-order valence-corrected chi connectivity index (χ0v) is 8.10. The van der Waals surface area contributed by atoms with Gasteiger partial charge in [-0.05, 0) is 29.8 Å². The summed E-state index contributed by atoms with van der Waals surface area (Å²) in [6.45, 7) is 2.59. The Kier molecular flexibility index (Phi) is 2.46. The van der Waals surface area contributed by atoms with E-state index in [0.717, 1.165) is 0 Å². The number of hydrogen-bond donors (Lipinski definition) is 0. The van der Waals surface area contributed by atoms with E-state index in [-0.39, 0.29) is 15.6 Å². The van der Waals surface area contributed by atoms with Crippen LogP contribution in [0.1, 0.15) is 11.1 Å². The minimum atomic E-state index is -1.13. The van der Waals surface area contributed by atoms with E-state index < -0.39 is 17.5 Å². The molecule has 0 fully saturated rings. The van der Waals surface area contributed by atoms with Crippen molar-refractivity contribution >= 4 is 15.9 Å². The van der Waals surface area contributed by atoms with Crippen LogP contribution in [0.4, 0.5) is 13.2 Å². The van der Waals surface area contributed by atoms with E-state index in [1.807, 2.05) is 0 Å². The third-order valence-corrected chi connectivity index (χ3v) is 2.65. The first-order chi connectivity index (χ1) is 5.46. The molecule has 0 aliphatic heterocycles. The van der Waals surface area contributed by atoms with Crippen LogP contribution in [0.25, 0.3) is 0 Å². The van der Waals surface area contributed by atoms with Crippen LogP contribution in [0.5, 0.6) is 0 Å². The highest BCUT2D eigenvalue weighted by Crippen LogP contribution is 2.27. The molecule has 0 saturated heterocycles. The van der Waals surface area contributed by atoms with Gasteiger partial charge in [0, 0.05) is 11.1 Å². The molecule has 1 aromatic carbocycles. The monoisotopic (exact) mass is 238 g/mol. The average Bonchev–Trinajstić information content (AvgIpc) is 2.08. The minimum absolute atomic E-state index is 0.0893. The predicted octanol–water partition coefficient (Wildman–Crippen LogP) is 3.48. The second-order valence-electron chi connectivity index (χ2n) is 2.51. The van der Waals surface area contributed by atoms with Crippen molar-refractivity contribution < 1.29 is 13.2 Å². The van der Waals surface area contributed by atoms with E-state index in [2.05, 4.69) is 15.9 Å². The third-order valence-electron chi connectivity index (χ3n) is 1.70.